The lowest BCUT2D eigenvalue weighted by molar-refractivity contribution is -0.0281. The number of halogens is 1. The second-order valence-corrected chi connectivity index (χ2v) is 5.44. The topological polar surface area (TPSA) is 30.3 Å². The minimum absolute atomic E-state index is 0.111. The molecule has 1 saturated heterocycles. The highest BCUT2D eigenvalue weighted by molar-refractivity contribution is 6.17. The van der Waals surface area contributed by atoms with Crippen molar-refractivity contribution in [1.82, 2.24) is 9.78 Å². The monoisotopic (exact) mass is 257 g/mol. The highest BCUT2D eigenvalue weighted by Crippen LogP contribution is 2.28. The number of hydrogen-bond donors (Lipinski definition) is 0. The standard InChI is InChI=1S/C12H20ClN3O/c1-9-10(7-13)11(15(4)14-9)16-5-6-17-12(2,3)8-16/h5-8H2,1-4H3. The second kappa shape index (κ2) is 4.50. The highest BCUT2D eigenvalue weighted by atomic mass is 35.5. The summed E-state index contributed by atoms with van der Waals surface area (Å²) in [5.41, 5.74) is 2.04. The van der Waals surface area contributed by atoms with Crippen LogP contribution in [0.25, 0.3) is 0 Å². The van der Waals surface area contributed by atoms with Gasteiger partial charge in [0.25, 0.3) is 0 Å². The van der Waals surface area contributed by atoms with E-state index < -0.39 is 0 Å². The Bertz CT molecular complexity index is 414. The third-order valence-electron chi connectivity index (χ3n) is 3.17. The summed E-state index contributed by atoms with van der Waals surface area (Å²) in [6.07, 6.45) is 0. The molecular formula is C12H20ClN3O. The van der Waals surface area contributed by atoms with Crippen LogP contribution in [0.1, 0.15) is 25.1 Å². The van der Waals surface area contributed by atoms with Crippen molar-refractivity contribution in [3.63, 3.8) is 0 Å². The fraction of sp³-hybridized carbons (Fsp3) is 0.750. The molecule has 1 fully saturated rings. The van der Waals surface area contributed by atoms with Crippen LogP contribution in [-0.2, 0) is 17.7 Å². The molecule has 1 aliphatic rings. The molecule has 0 unspecified atom stereocenters. The van der Waals surface area contributed by atoms with E-state index in [-0.39, 0.29) is 5.60 Å². The summed E-state index contributed by atoms with van der Waals surface area (Å²) in [5.74, 6) is 1.64. The van der Waals surface area contributed by atoms with E-state index in [4.69, 9.17) is 16.3 Å². The quantitative estimate of drug-likeness (QED) is 0.760. The van der Waals surface area contributed by atoms with Crippen LogP contribution < -0.4 is 4.90 Å². The van der Waals surface area contributed by atoms with Crippen LogP contribution in [0.5, 0.6) is 0 Å². The van der Waals surface area contributed by atoms with Crippen molar-refractivity contribution < 1.29 is 4.74 Å². The molecule has 0 atom stereocenters. The van der Waals surface area contributed by atoms with Crippen LogP contribution in [0.2, 0.25) is 0 Å². The average Bonchev–Trinajstić information content (AvgIpc) is 2.51. The number of nitrogens with zero attached hydrogens (tertiary/aromatic N) is 3. The van der Waals surface area contributed by atoms with Gasteiger partial charge in [-0.1, -0.05) is 0 Å². The third-order valence-corrected chi connectivity index (χ3v) is 3.44. The van der Waals surface area contributed by atoms with Gasteiger partial charge in [0, 0.05) is 25.7 Å². The minimum atomic E-state index is -0.111. The van der Waals surface area contributed by atoms with E-state index in [9.17, 15) is 0 Å². The summed E-state index contributed by atoms with van der Waals surface area (Å²) in [6.45, 7) is 8.75. The molecule has 0 radical (unpaired) electrons. The Balaban J connectivity index is 2.33. The van der Waals surface area contributed by atoms with Gasteiger partial charge >= 0.3 is 0 Å². The summed E-state index contributed by atoms with van der Waals surface area (Å²) in [4.78, 5) is 2.32. The van der Waals surface area contributed by atoms with E-state index in [1.807, 2.05) is 18.7 Å². The molecule has 5 heteroatoms. The number of rotatable bonds is 2. The lowest BCUT2D eigenvalue weighted by Crippen LogP contribution is -2.49. The zero-order valence-corrected chi connectivity index (χ0v) is 11.7. The summed E-state index contributed by atoms with van der Waals surface area (Å²) in [7, 11) is 1.97. The van der Waals surface area contributed by atoms with Crippen LogP contribution in [0.4, 0.5) is 5.82 Å². The summed E-state index contributed by atoms with van der Waals surface area (Å²) in [6, 6.07) is 0. The van der Waals surface area contributed by atoms with Gasteiger partial charge in [-0.25, -0.2) is 0 Å². The SMILES string of the molecule is Cc1nn(C)c(N2CCOC(C)(C)C2)c1CCl. The number of alkyl halides is 1. The number of ether oxygens (including phenoxy) is 1. The maximum absolute atomic E-state index is 6.03. The van der Waals surface area contributed by atoms with Gasteiger partial charge in [-0.2, -0.15) is 5.10 Å². The largest absolute Gasteiger partial charge is 0.372 e. The van der Waals surface area contributed by atoms with Gasteiger partial charge in [-0.15, -0.1) is 11.6 Å². The molecule has 2 heterocycles. The fourth-order valence-electron chi connectivity index (χ4n) is 2.44. The van der Waals surface area contributed by atoms with E-state index >= 15 is 0 Å². The van der Waals surface area contributed by atoms with E-state index in [0.29, 0.717) is 5.88 Å². The Kier molecular flexibility index (Phi) is 3.36. The van der Waals surface area contributed by atoms with Crippen molar-refractivity contribution in [1.29, 1.82) is 0 Å². The molecule has 4 nitrogen and oxygen atoms in total. The first-order valence-corrected chi connectivity index (χ1v) is 6.45. The lowest BCUT2D eigenvalue weighted by Gasteiger charge is -2.39. The normalized spacial score (nSPS) is 19.7. The molecule has 0 saturated carbocycles. The molecule has 0 N–H and O–H groups in total. The first-order valence-electron chi connectivity index (χ1n) is 5.92. The second-order valence-electron chi connectivity index (χ2n) is 5.17. The van der Waals surface area contributed by atoms with Crippen molar-refractivity contribution >= 4 is 17.4 Å². The lowest BCUT2D eigenvalue weighted by atomic mass is 10.1. The van der Waals surface area contributed by atoms with Gasteiger partial charge in [0.2, 0.25) is 0 Å². The van der Waals surface area contributed by atoms with Crippen LogP contribution in [0, 0.1) is 6.92 Å². The maximum atomic E-state index is 6.03. The predicted octanol–water partition coefficient (Wildman–Crippen LogP) is 2.08. The molecule has 0 bridgehead atoms. The molecule has 0 aromatic carbocycles. The van der Waals surface area contributed by atoms with Crippen molar-refractivity contribution in [3.8, 4) is 0 Å². The summed E-state index contributed by atoms with van der Waals surface area (Å²) in [5, 5.41) is 4.45. The van der Waals surface area contributed by atoms with Crippen molar-refractivity contribution in [2.75, 3.05) is 24.6 Å². The molecule has 96 valence electrons. The number of aromatic nitrogens is 2. The Labute approximate surface area is 107 Å². The van der Waals surface area contributed by atoms with Crippen LogP contribution in [0.3, 0.4) is 0 Å². The maximum Gasteiger partial charge on any atom is 0.131 e. The predicted molar refractivity (Wildman–Crippen MR) is 69.7 cm³/mol. The Morgan fingerprint density at radius 1 is 1.47 bits per heavy atom. The molecule has 1 aliphatic heterocycles. The molecule has 1 aromatic rings. The Morgan fingerprint density at radius 3 is 2.76 bits per heavy atom. The molecule has 17 heavy (non-hydrogen) atoms. The summed E-state index contributed by atoms with van der Waals surface area (Å²) >= 11 is 6.03. The van der Waals surface area contributed by atoms with E-state index in [0.717, 1.165) is 36.8 Å². The molecule has 0 amide bonds. The van der Waals surface area contributed by atoms with Gasteiger partial charge in [-0.05, 0) is 20.8 Å². The molecular weight excluding hydrogens is 238 g/mol. The van der Waals surface area contributed by atoms with Crippen LogP contribution in [-0.4, -0.2) is 35.1 Å². The van der Waals surface area contributed by atoms with Crippen LogP contribution in [0.15, 0.2) is 0 Å². The van der Waals surface area contributed by atoms with Gasteiger partial charge < -0.3 is 9.64 Å². The molecule has 2 rings (SSSR count). The highest BCUT2D eigenvalue weighted by Gasteiger charge is 2.30. The first kappa shape index (κ1) is 12.7. The first-order chi connectivity index (χ1) is 7.94. The van der Waals surface area contributed by atoms with Crippen LogP contribution >= 0.6 is 11.6 Å². The zero-order valence-electron chi connectivity index (χ0n) is 11.0. The molecule has 0 spiro atoms. The van der Waals surface area contributed by atoms with Gasteiger partial charge in [0.1, 0.15) is 5.82 Å². The van der Waals surface area contributed by atoms with E-state index in [1.165, 1.54) is 0 Å². The van der Waals surface area contributed by atoms with Gasteiger partial charge in [-0.3, -0.25) is 4.68 Å². The number of hydrogen-bond acceptors (Lipinski definition) is 3. The minimum Gasteiger partial charge on any atom is -0.372 e. The van der Waals surface area contributed by atoms with Crippen molar-refractivity contribution in [2.45, 2.75) is 32.3 Å². The fourth-order valence-corrected chi connectivity index (χ4v) is 2.75. The zero-order chi connectivity index (χ0) is 12.6. The van der Waals surface area contributed by atoms with E-state index in [2.05, 4.69) is 23.8 Å². The number of morpholine rings is 1. The molecule has 0 aliphatic carbocycles. The van der Waals surface area contributed by atoms with Crippen molar-refractivity contribution in [2.24, 2.45) is 7.05 Å². The Hall–Kier alpha value is -0.740. The van der Waals surface area contributed by atoms with E-state index in [1.54, 1.807) is 0 Å². The van der Waals surface area contributed by atoms with Crippen molar-refractivity contribution in [3.05, 3.63) is 11.3 Å². The van der Waals surface area contributed by atoms with Gasteiger partial charge in [0.05, 0.1) is 23.8 Å². The Morgan fingerprint density at radius 2 is 2.18 bits per heavy atom. The third kappa shape index (κ3) is 2.43. The average molecular weight is 258 g/mol. The molecule has 1 aromatic heterocycles. The summed E-state index contributed by atoms with van der Waals surface area (Å²) < 4.78 is 7.66. The number of aryl methyl sites for hydroxylation is 2. The smallest absolute Gasteiger partial charge is 0.131 e. The number of anilines is 1. The van der Waals surface area contributed by atoms with Gasteiger partial charge in [0.15, 0.2) is 0 Å².